The lowest BCUT2D eigenvalue weighted by Crippen LogP contribution is -2.19. The molecule has 2 aliphatic heterocycles. The Morgan fingerprint density at radius 3 is 2.58 bits per heavy atom. The zero-order valence-corrected chi connectivity index (χ0v) is 15.1. The van der Waals surface area contributed by atoms with Crippen molar-refractivity contribution in [2.75, 3.05) is 31.6 Å². The first-order valence-electron chi connectivity index (χ1n) is 9.22. The first kappa shape index (κ1) is 16.9. The molecule has 5 nitrogen and oxygen atoms in total. The van der Waals surface area contributed by atoms with E-state index in [1.54, 1.807) is 6.07 Å². The van der Waals surface area contributed by atoms with Crippen molar-refractivity contribution in [3.8, 4) is 11.5 Å². The molecule has 0 bridgehead atoms. The number of anilines is 1. The summed E-state index contributed by atoms with van der Waals surface area (Å²) in [6.07, 6.45) is 2.56. The number of carbonyl (C=O) groups is 1. The van der Waals surface area contributed by atoms with E-state index >= 15 is 0 Å². The number of likely N-dealkylation sites (tertiary alicyclic amines) is 1. The van der Waals surface area contributed by atoms with Crippen molar-refractivity contribution in [3.05, 3.63) is 53.1 Å². The van der Waals surface area contributed by atoms with Gasteiger partial charge in [-0.15, -0.1) is 0 Å². The molecule has 136 valence electrons. The summed E-state index contributed by atoms with van der Waals surface area (Å²) >= 11 is 0. The Balaban J connectivity index is 1.49. The van der Waals surface area contributed by atoms with Crippen LogP contribution in [0, 0.1) is 6.92 Å². The molecule has 26 heavy (non-hydrogen) atoms. The second-order valence-electron chi connectivity index (χ2n) is 6.95. The fraction of sp³-hybridized carbons (Fsp3) is 0.381. The van der Waals surface area contributed by atoms with E-state index in [0.29, 0.717) is 30.3 Å². The molecule has 2 aromatic rings. The Kier molecular flexibility index (Phi) is 4.80. The Morgan fingerprint density at radius 1 is 1.08 bits per heavy atom. The van der Waals surface area contributed by atoms with Crippen molar-refractivity contribution < 1.29 is 14.3 Å². The summed E-state index contributed by atoms with van der Waals surface area (Å²) in [6, 6.07) is 11.7. The van der Waals surface area contributed by atoms with E-state index in [2.05, 4.69) is 22.3 Å². The summed E-state index contributed by atoms with van der Waals surface area (Å²) in [6.45, 7) is 6.22. The monoisotopic (exact) mass is 352 g/mol. The third kappa shape index (κ3) is 3.68. The number of rotatable bonds is 4. The molecule has 5 heteroatoms. The van der Waals surface area contributed by atoms with Crippen LogP contribution >= 0.6 is 0 Å². The third-order valence-corrected chi connectivity index (χ3v) is 4.92. The van der Waals surface area contributed by atoms with E-state index in [4.69, 9.17) is 9.47 Å². The highest BCUT2D eigenvalue weighted by atomic mass is 16.6. The van der Waals surface area contributed by atoms with Gasteiger partial charge in [-0.3, -0.25) is 9.69 Å². The number of benzene rings is 2. The molecular weight excluding hydrogens is 328 g/mol. The highest BCUT2D eigenvalue weighted by molar-refractivity contribution is 6.05. The number of nitrogens with one attached hydrogen (secondary N) is 1. The van der Waals surface area contributed by atoms with Gasteiger partial charge in [0.05, 0.1) is 0 Å². The maximum Gasteiger partial charge on any atom is 0.256 e. The van der Waals surface area contributed by atoms with Gasteiger partial charge in [-0.25, -0.2) is 0 Å². The first-order valence-corrected chi connectivity index (χ1v) is 9.22. The quantitative estimate of drug-likeness (QED) is 0.913. The van der Waals surface area contributed by atoms with Crippen LogP contribution in [-0.2, 0) is 6.54 Å². The molecule has 1 saturated heterocycles. The molecular formula is C21H24N2O3. The van der Waals surface area contributed by atoms with Crippen molar-refractivity contribution >= 4 is 11.6 Å². The SMILES string of the molecule is Cc1cc2c(cc1C(=O)Nc1cccc(CN3CCCC3)c1)OCCO2. The number of amides is 1. The molecule has 1 amide bonds. The van der Waals surface area contributed by atoms with Crippen LogP contribution in [0.25, 0.3) is 0 Å². The molecule has 2 aromatic carbocycles. The average Bonchev–Trinajstić information content (AvgIpc) is 3.14. The Morgan fingerprint density at radius 2 is 1.81 bits per heavy atom. The number of carbonyl (C=O) groups excluding carboxylic acids is 1. The van der Waals surface area contributed by atoms with Gasteiger partial charge in [0.2, 0.25) is 0 Å². The summed E-state index contributed by atoms with van der Waals surface area (Å²) < 4.78 is 11.2. The molecule has 1 fully saturated rings. The Bertz CT molecular complexity index is 813. The molecule has 0 radical (unpaired) electrons. The van der Waals surface area contributed by atoms with Crippen LogP contribution in [0.15, 0.2) is 36.4 Å². The van der Waals surface area contributed by atoms with Crippen LogP contribution in [0.5, 0.6) is 11.5 Å². The fourth-order valence-electron chi connectivity index (χ4n) is 3.58. The van der Waals surface area contributed by atoms with Crippen LogP contribution in [0.3, 0.4) is 0 Å². The molecule has 2 aliphatic rings. The fourth-order valence-corrected chi connectivity index (χ4v) is 3.58. The molecule has 0 spiro atoms. The number of nitrogens with zero attached hydrogens (tertiary/aromatic N) is 1. The predicted octanol–water partition coefficient (Wildman–Crippen LogP) is 3.61. The van der Waals surface area contributed by atoms with Gasteiger partial charge in [0.15, 0.2) is 11.5 Å². The number of hydrogen-bond donors (Lipinski definition) is 1. The number of fused-ring (bicyclic) bond motifs is 1. The van der Waals surface area contributed by atoms with Crippen LogP contribution in [0.4, 0.5) is 5.69 Å². The maximum absolute atomic E-state index is 12.8. The predicted molar refractivity (Wildman–Crippen MR) is 101 cm³/mol. The molecule has 1 N–H and O–H groups in total. The number of aryl methyl sites for hydroxylation is 1. The smallest absolute Gasteiger partial charge is 0.256 e. The zero-order valence-electron chi connectivity index (χ0n) is 15.1. The van der Waals surface area contributed by atoms with Gasteiger partial charge in [-0.05, 0) is 68.2 Å². The highest BCUT2D eigenvalue weighted by Crippen LogP contribution is 2.33. The van der Waals surface area contributed by atoms with E-state index in [-0.39, 0.29) is 5.91 Å². The van der Waals surface area contributed by atoms with E-state index in [1.807, 2.05) is 25.1 Å². The largest absolute Gasteiger partial charge is 0.486 e. The van der Waals surface area contributed by atoms with E-state index < -0.39 is 0 Å². The van der Waals surface area contributed by atoms with Crippen LogP contribution in [0.1, 0.15) is 34.3 Å². The normalized spacial score (nSPS) is 16.5. The van der Waals surface area contributed by atoms with Gasteiger partial charge in [0.1, 0.15) is 13.2 Å². The summed E-state index contributed by atoms with van der Waals surface area (Å²) in [5.41, 5.74) is 3.53. The van der Waals surface area contributed by atoms with Gasteiger partial charge in [0.25, 0.3) is 5.91 Å². The van der Waals surface area contributed by atoms with Gasteiger partial charge in [-0.1, -0.05) is 12.1 Å². The minimum atomic E-state index is -0.127. The standard InChI is InChI=1S/C21H24N2O3/c1-15-11-19-20(26-10-9-25-19)13-18(15)21(24)22-17-6-4-5-16(12-17)14-23-7-2-3-8-23/h4-6,11-13H,2-3,7-10,14H2,1H3,(H,22,24). The van der Waals surface area contributed by atoms with Gasteiger partial charge >= 0.3 is 0 Å². The van der Waals surface area contributed by atoms with Crippen LogP contribution in [0.2, 0.25) is 0 Å². The average molecular weight is 352 g/mol. The van der Waals surface area contributed by atoms with Crippen LogP contribution in [-0.4, -0.2) is 37.1 Å². The van der Waals surface area contributed by atoms with Crippen LogP contribution < -0.4 is 14.8 Å². The van der Waals surface area contributed by atoms with Gasteiger partial charge in [-0.2, -0.15) is 0 Å². The molecule has 0 aliphatic carbocycles. The second-order valence-corrected chi connectivity index (χ2v) is 6.95. The molecule has 4 rings (SSSR count). The van der Waals surface area contributed by atoms with E-state index in [9.17, 15) is 4.79 Å². The highest BCUT2D eigenvalue weighted by Gasteiger charge is 2.18. The summed E-state index contributed by atoms with van der Waals surface area (Å²) in [5, 5.41) is 3.02. The minimum Gasteiger partial charge on any atom is -0.486 e. The molecule has 0 saturated carbocycles. The molecule has 0 unspecified atom stereocenters. The third-order valence-electron chi connectivity index (χ3n) is 4.92. The topological polar surface area (TPSA) is 50.8 Å². The zero-order chi connectivity index (χ0) is 17.9. The lowest BCUT2D eigenvalue weighted by Gasteiger charge is -2.20. The minimum absolute atomic E-state index is 0.127. The van der Waals surface area contributed by atoms with Crippen molar-refractivity contribution in [1.82, 2.24) is 4.90 Å². The lowest BCUT2D eigenvalue weighted by atomic mass is 10.1. The molecule has 2 heterocycles. The lowest BCUT2D eigenvalue weighted by molar-refractivity contribution is 0.102. The van der Waals surface area contributed by atoms with Crippen molar-refractivity contribution in [1.29, 1.82) is 0 Å². The number of ether oxygens (including phenoxy) is 2. The number of hydrogen-bond acceptors (Lipinski definition) is 4. The van der Waals surface area contributed by atoms with E-state index in [1.165, 1.54) is 18.4 Å². The van der Waals surface area contributed by atoms with Crippen molar-refractivity contribution in [3.63, 3.8) is 0 Å². The van der Waals surface area contributed by atoms with Gasteiger partial charge < -0.3 is 14.8 Å². The molecule has 0 atom stereocenters. The second kappa shape index (κ2) is 7.38. The Labute approximate surface area is 153 Å². The maximum atomic E-state index is 12.8. The van der Waals surface area contributed by atoms with E-state index in [0.717, 1.165) is 30.9 Å². The van der Waals surface area contributed by atoms with Gasteiger partial charge in [0, 0.05) is 17.8 Å². The summed E-state index contributed by atoms with van der Waals surface area (Å²) in [7, 11) is 0. The first-order chi connectivity index (χ1) is 12.7. The molecule has 0 aromatic heterocycles. The summed E-state index contributed by atoms with van der Waals surface area (Å²) in [5.74, 6) is 1.21. The summed E-state index contributed by atoms with van der Waals surface area (Å²) in [4.78, 5) is 15.2. The van der Waals surface area contributed by atoms with Crippen molar-refractivity contribution in [2.45, 2.75) is 26.3 Å². The van der Waals surface area contributed by atoms with Crippen molar-refractivity contribution in [2.24, 2.45) is 0 Å². The Hall–Kier alpha value is -2.53.